The third kappa shape index (κ3) is 59.7. The Labute approximate surface area is 457 Å². The van der Waals surface area contributed by atoms with Crippen molar-refractivity contribution in [2.75, 3.05) is 13.2 Å². The summed E-state index contributed by atoms with van der Waals surface area (Å²) in [6, 6.07) is -0.625. The fourth-order valence-electron chi connectivity index (χ4n) is 10.7. The highest BCUT2D eigenvalue weighted by molar-refractivity contribution is 5.76. The molecule has 0 bridgehead atoms. The lowest BCUT2D eigenvalue weighted by Gasteiger charge is -2.20. The van der Waals surface area contributed by atoms with Crippen molar-refractivity contribution in [3.05, 3.63) is 12.2 Å². The van der Waals surface area contributed by atoms with E-state index in [1.54, 1.807) is 6.08 Å². The lowest BCUT2D eigenvalue weighted by Crippen LogP contribution is -2.45. The molecule has 434 valence electrons. The number of allylic oxidation sites excluding steroid dienone is 1. The van der Waals surface area contributed by atoms with Crippen LogP contribution in [0.15, 0.2) is 12.2 Å². The minimum Gasteiger partial charge on any atom is -0.466 e. The first-order valence-corrected chi connectivity index (χ1v) is 33.5. The van der Waals surface area contributed by atoms with E-state index in [2.05, 4.69) is 19.2 Å². The predicted molar refractivity (Wildman–Crippen MR) is 320 cm³/mol. The number of hydrogen-bond donors (Lipinski definition) is 3. The van der Waals surface area contributed by atoms with E-state index in [1.807, 2.05) is 6.08 Å². The van der Waals surface area contributed by atoms with Crippen molar-refractivity contribution in [1.29, 1.82) is 0 Å². The third-order valence-corrected chi connectivity index (χ3v) is 15.8. The molecule has 3 N–H and O–H groups in total. The molecular weight excluding hydrogens is 899 g/mol. The van der Waals surface area contributed by atoms with Crippen molar-refractivity contribution in [3.63, 3.8) is 0 Å². The highest BCUT2D eigenvalue weighted by Crippen LogP contribution is 2.19. The summed E-state index contributed by atoms with van der Waals surface area (Å²) in [6.07, 6.45) is 77.0. The molecule has 0 heterocycles. The molecule has 2 atom stereocenters. The highest BCUT2D eigenvalue weighted by atomic mass is 16.5. The first-order chi connectivity index (χ1) is 36.0. The molecule has 0 rings (SSSR count). The van der Waals surface area contributed by atoms with Crippen molar-refractivity contribution in [2.45, 2.75) is 392 Å². The van der Waals surface area contributed by atoms with Gasteiger partial charge in [0.05, 0.1) is 25.4 Å². The molecule has 0 aromatic rings. The number of aliphatic hydroxyl groups is 2. The third-order valence-electron chi connectivity index (χ3n) is 15.8. The van der Waals surface area contributed by atoms with Crippen LogP contribution >= 0.6 is 0 Å². The van der Waals surface area contributed by atoms with Gasteiger partial charge in [0.15, 0.2) is 0 Å². The zero-order valence-electron chi connectivity index (χ0n) is 49.6. The maximum atomic E-state index is 12.5. The molecule has 73 heavy (non-hydrogen) atoms. The molecular formula is C67H131NO5. The van der Waals surface area contributed by atoms with Crippen LogP contribution in [0, 0.1) is 0 Å². The van der Waals surface area contributed by atoms with E-state index < -0.39 is 12.1 Å². The molecule has 0 aromatic heterocycles. The number of carbonyl (C=O) groups excluding carboxylic acids is 2. The summed E-state index contributed by atoms with van der Waals surface area (Å²) >= 11 is 0. The number of nitrogens with one attached hydrogen (secondary N) is 1. The summed E-state index contributed by atoms with van der Waals surface area (Å²) < 4.78 is 5.48. The van der Waals surface area contributed by atoms with E-state index in [9.17, 15) is 19.8 Å². The Balaban J connectivity index is 3.36. The van der Waals surface area contributed by atoms with Gasteiger partial charge >= 0.3 is 5.97 Å². The first-order valence-electron chi connectivity index (χ1n) is 33.5. The van der Waals surface area contributed by atoms with Gasteiger partial charge in [-0.05, 0) is 32.1 Å². The van der Waals surface area contributed by atoms with Gasteiger partial charge in [-0.1, -0.05) is 347 Å². The minimum atomic E-state index is -0.842. The number of unbranched alkanes of at least 4 members (excludes halogenated alkanes) is 52. The normalized spacial score (nSPS) is 12.5. The zero-order chi connectivity index (χ0) is 52.9. The Morgan fingerprint density at radius 3 is 0.932 bits per heavy atom. The van der Waals surface area contributed by atoms with Crippen LogP contribution < -0.4 is 5.32 Å². The topological polar surface area (TPSA) is 95.9 Å². The van der Waals surface area contributed by atoms with Crippen molar-refractivity contribution < 1.29 is 24.5 Å². The first kappa shape index (κ1) is 71.6. The molecule has 0 aromatic carbocycles. The van der Waals surface area contributed by atoms with Crippen LogP contribution in [0.5, 0.6) is 0 Å². The highest BCUT2D eigenvalue weighted by Gasteiger charge is 2.18. The van der Waals surface area contributed by atoms with E-state index in [0.29, 0.717) is 19.4 Å². The van der Waals surface area contributed by atoms with Gasteiger partial charge in [0.1, 0.15) is 0 Å². The lowest BCUT2D eigenvalue weighted by molar-refractivity contribution is -0.143. The monoisotopic (exact) mass is 1030 g/mol. The van der Waals surface area contributed by atoms with Gasteiger partial charge in [0.2, 0.25) is 5.91 Å². The summed E-state index contributed by atoms with van der Waals surface area (Å²) in [6.45, 7) is 4.94. The maximum Gasteiger partial charge on any atom is 0.305 e. The van der Waals surface area contributed by atoms with Crippen molar-refractivity contribution in [3.8, 4) is 0 Å². The Morgan fingerprint density at radius 2 is 0.630 bits per heavy atom. The maximum absolute atomic E-state index is 12.5. The average molecular weight is 1030 g/mol. The Morgan fingerprint density at radius 1 is 0.370 bits per heavy atom. The summed E-state index contributed by atoms with van der Waals surface area (Å²) in [5, 5.41) is 23.2. The second-order valence-electron chi connectivity index (χ2n) is 23.2. The number of aliphatic hydroxyl groups excluding tert-OH is 2. The quantitative estimate of drug-likeness (QED) is 0.0320. The number of esters is 1. The van der Waals surface area contributed by atoms with Gasteiger partial charge < -0.3 is 20.3 Å². The van der Waals surface area contributed by atoms with E-state index in [-0.39, 0.29) is 18.5 Å². The van der Waals surface area contributed by atoms with Gasteiger partial charge in [-0.3, -0.25) is 9.59 Å². The van der Waals surface area contributed by atoms with E-state index in [0.717, 1.165) is 38.5 Å². The number of amides is 1. The second kappa shape index (κ2) is 63.1. The van der Waals surface area contributed by atoms with Gasteiger partial charge in [0.25, 0.3) is 0 Å². The van der Waals surface area contributed by atoms with Gasteiger partial charge in [-0.2, -0.15) is 0 Å². The number of carbonyl (C=O) groups is 2. The molecule has 0 aliphatic heterocycles. The smallest absolute Gasteiger partial charge is 0.305 e. The average Bonchev–Trinajstić information content (AvgIpc) is 3.39. The summed E-state index contributed by atoms with van der Waals surface area (Å²) in [7, 11) is 0. The lowest BCUT2D eigenvalue weighted by atomic mass is 10.0. The molecule has 0 aliphatic rings. The van der Waals surface area contributed by atoms with Crippen LogP contribution in [-0.4, -0.2) is 47.4 Å². The Bertz CT molecular complexity index is 1100. The SMILES string of the molecule is CCCCCCCCCCCCCCCCC/C=C/C(O)C(CO)NC(=O)CCCCCCCCCCCCCCCCCCCCCCCCCCCCCOC(=O)CCCCCCCCCCCCCC. The minimum absolute atomic E-state index is 0.0191. The van der Waals surface area contributed by atoms with Crippen molar-refractivity contribution in [1.82, 2.24) is 5.32 Å². The van der Waals surface area contributed by atoms with Gasteiger partial charge in [-0.25, -0.2) is 0 Å². The fraction of sp³-hybridized carbons (Fsp3) is 0.940. The van der Waals surface area contributed by atoms with Crippen LogP contribution in [0.25, 0.3) is 0 Å². The van der Waals surface area contributed by atoms with Gasteiger partial charge in [0, 0.05) is 12.8 Å². The van der Waals surface area contributed by atoms with Crippen molar-refractivity contribution >= 4 is 11.9 Å². The summed E-state index contributed by atoms with van der Waals surface area (Å²) in [5.74, 6) is -0.0428. The zero-order valence-corrected chi connectivity index (χ0v) is 49.6. The van der Waals surface area contributed by atoms with Gasteiger partial charge in [-0.15, -0.1) is 0 Å². The van der Waals surface area contributed by atoms with E-state index in [1.165, 1.54) is 315 Å². The summed E-state index contributed by atoms with van der Waals surface area (Å²) in [5.41, 5.74) is 0. The molecule has 0 aliphatic carbocycles. The van der Waals surface area contributed by atoms with Crippen molar-refractivity contribution in [2.24, 2.45) is 0 Å². The van der Waals surface area contributed by atoms with Crippen LogP contribution in [0.2, 0.25) is 0 Å². The molecule has 1 amide bonds. The molecule has 0 spiro atoms. The summed E-state index contributed by atoms with van der Waals surface area (Å²) in [4.78, 5) is 24.5. The molecule has 0 saturated heterocycles. The predicted octanol–water partition coefficient (Wildman–Crippen LogP) is 21.2. The number of hydrogen-bond acceptors (Lipinski definition) is 5. The molecule has 0 radical (unpaired) electrons. The standard InChI is InChI=1S/C67H131NO5/c1-3-5-7-9-11-13-15-17-18-30-33-36-39-43-47-51-55-59-65(70)64(63-69)68-66(71)60-56-52-48-44-40-37-34-31-28-26-24-22-20-19-21-23-25-27-29-32-35-38-42-46-50-54-58-62-73-67(72)61-57-53-49-45-41-16-14-12-10-8-6-4-2/h55,59,64-65,69-70H,3-54,56-58,60-63H2,1-2H3,(H,68,71)/b59-55+. The molecule has 0 fully saturated rings. The largest absolute Gasteiger partial charge is 0.466 e. The Kier molecular flexibility index (Phi) is 61.9. The van der Waals surface area contributed by atoms with E-state index in [4.69, 9.17) is 4.74 Å². The van der Waals surface area contributed by atoms with E-state index >= 15 is 0 Å². The molecule has 0 saturated carbocycles. The number of ether oxygens (including phenoxy) is 1. The van der Waals surface area contributed by atoms with Crippen LogP contribution in [0.1, 0.15) is 380 Å². The Hall–Kier alpha value is -1.40. The second-order valence-corrected chi connectivity index (χ2v) is 23.2. The van der Waals surface area contributed by atoms with Crippen LogP contribution in [0.4, 0.5) is 0 Å². The van der Waals surface area contributed by atoms with Crippen LogP contribution in [0.3, 0.4) is 0 Å². The fourth-order valence-corrected chi connectivity index (χ4v) is 10.7. The number of rotatable bonds is 63. The molecule has 2 unspecified atom stereocenters. The van der Waals surface area contributed by atoms with Crippen LogP contribution in [-0.2, 0) is 14.3 Å². The molecule has 6 nitrogen and oxygen atoms in total. The molecule has 6 heteroatoms.